The molecule has 0 spiro atoms. The van der Waals surface area contributed by atoms with Crippen LogP contribution in [0.2, 0.25) is 0 Å². The highest BCUT2D eigenvalue weighted by Crippen LogP contribution is 2.39. The van der Waals surface area contributed by atoms with Crippen LogP contribution in [0.4, 0.5) is 0 Å². The van der Waals surface area contributed by atoms with Gasteiger partial charge in [0.15, 0.2) is 0 Å². The Morgan fingerprint density at radius 1 is 0.667 bits per heavy atom. The van der Waals surface area contributed by atoms with E-state index in [1.165, 1.54) is 0 Å². The van der Waals surface area contributed by atoms with Crippen molar-refractivity contribution in [3.8, 4) is 23.6 Å². The number of hydrogen-bond donors (Lipinski definition) is 0. The van der Waals surface area contributed by atoms with Gasteiger partial charge in [0, 0.05) is 0 Å². The first-order valence-electron chi connectivity index (χ1n) is 9.76. The highest BCUT2D eigenvalue weighted by molar-refractivity contribution is 5.39. The van der Waals surface area contributed by atoms with E-state index < -0.39 is 11.1 Å². The van der Waals surface area contributed by atoms with E-state index in [0.717, 1.165) is 22.6 Å². The van der Waals surface area contributed by atoms with Gasteiger partial charge < -0.3 is 9.47 Å². The molecular weight excluding hydrogens is 376 g/mol. The largest absolute Gasteiger partial charge is 0.497 e. The molecule has 6 heteroatoms. The van der Waals surface area contributed by atoms with Crippen LogP contribution >= 0.6 is 0 Å². The molecule has 30 heavy (non-hydrogen) atoms. The predicted octanol–water partition coefficient (Wildman–Crippen LogP) is 3.75. The summed E-state index contributed by atoms with van der Waals surface area (Å²) in [5.74, 6) is 1.48. The van der Waals surface area contributed by atoms with E-state index in [0.29, 0.717) is 12.8 Å². The highest BCUT2D eigenvalue weighted by Gasteiger charge is 2.41. The van der Waals surface area contributed by atoms with Crippen molar-refractivity contribution < 1.29 is 9.47 Å². The number of rotatable bonds is 9. The van der Waals surface area contributed by atoms with Gasteiger partial charge in [0.2, 0.25) is 0 Å². The third-order valence-corrected chi connectivity index (χ3v) is 5.88. The molecule has 2 atom stereocenters. The summed E-state index contributed by atoms with van der Waals surface area (Å²) in [4.78, 5) is 3.83. The van der Waals surface area contributed by atoms with Crippen molar-refractivity contribution in [2.45, 2.75) is 23.9 Å². The van der Waals surface area contributed by atoms with Crippen LogP contribution in [0.15, 0.2) is 48.5 Å². The normalized spacial score (nSPS) is 15.0. The lowest BCUT2D eigenvalue weighted by atomic mass is 9.78. The summed E-state index contributed by atoms with van der Waals surface area (Å²) in [6.45, 7) is 0. The number of nitrogens with zero attached hydrogens (tertiary/aromatic N) is 4. The lowest BCUT2D eigenvalue weighted by molar-refractivity contribution is 0.143. The van der Waals surface area contributed by atoms with Gasteiger partial charge in [0.25, 0.3) is 0 Å². The second-order valence-electron chi connectivity index (χ2n) is 7.69. The van der Waals surface area contributed by atoms with E-state index in [2.05, 4.69) is 12.1 Å². The fraction of sp³-hybridized carbons (Fsp3) is 0.417. The zero-order valence-corrected chi connectivity index (χ0v) is 18.6. The van der Waals surface area contributed by atoms with E-state index in [1.54, 1.807) is 14.2 Å². The smallest absolute Gasteiger partial charge is 0.134 e. The highest BCUT2D eigenvalue weighted by atomic mass is 16.5. The summed E-state index contributed by atoms with van der Waals surface area (Å²) in [6.07, 6.45) is 0.946. The second kappa shape index (κ2) is 9.63. The Hall–Kier alpha value is -3.06. The van der Waals surface area contributed by atoms with Gasteiger partial charge in [-0.1, -0.05) is 24.3 Å². The van der Waals surface area contributed by atoms with Crippen LogP contribution in [0.5, 0.6) is 11.5 Å². The Kier molecular flexibility index (Phi) is 7.45. The van der Waals surface area contributed by atoms with E-state index in [1.807, 2.05) is 86.5 Å². The van der Waals surface area contributed by atoms with E-state index in [4.69, 9.17) is 9.47 Å². The molecule has 0 fully saturated rings. The summed E-state index contributed by atoms with van der Waals surface area (Å²) in [7, 11) is 10.8. The van der Waals surface area contributed by atoms with Crippen molar-refractivity contribution in [3.05, 3.63) is 59.7 Å². The zero-order chi connectivity index (χ0) is 22.4. The second-order valence-corrected chi connectivity index (χ2v) is 7.69. The molecule has 0 amide bonds. The molecular formula is C24H30N4O2. The number of hydrogen-bond acceptors (Lipinski definition) is 6. The van der Waals surface area contributed by atoms with Gasteiger partial charge in [-0.2, -0.15) is 10.5 Å². The number of benzene rings is 2. The Bertz CT molecular complexity index is 833. The SMILES string of the molecule is COc1ccc(C(C#N)(CCC(C#N)(c2ccc(OC)cc2)N(C)C)N(C)C)cc1. The van der Waals surface area contributed by atoms with E-state index >= 15 is 0 Å². The Morgan fingerprint density at radius 3 is 1.17 bits per heavy atom. The molecule has 2 aromatic carbocycles. The molecule has 2 unspecified atom stereocenters. The van der Waals surface area contributed by atoms with Crippen molar-refractivity contribution in [1.82, 2.24) is 9.80 Å². The topological polar surface area (TPSA) is 72.5 Å². The molecule has 0 saturated carbocycles. The van der Waals surface area contributed by atoms with Crippen molar-refractivity contribution in [3.63, 3.8) is 0 Å². The molecule has 0 aliphatic rings. The molecule has 0 heterocycles. The minimum atomic E-state index is -0.878. The molecule has 158 valence electrons. The van der Waals surface area contributed by atoms with Crippen LogP contribution in [0, 0.1) is 22.7 Å². The third kappa shape index (κ3) is 4.26. The lowest BCUT2D eigenvalue weighted by Gasteiger charge is -2.39. The Morgan fingerprint density at radius 2 is 0.967 bits per heavy atom. The van der Waals surface area contributed by atoms with E-state index in [-0.39, 0.29) is 0 Å². The van der Waals surface area contributed by atoms with Gasteiger partial charge in [-0.25, -0.2) is 0 Å². The fourth-order valence-corrected chi connectivity index (χ4v) is 3.79. The quantitative estimate of drug-likeness (QED) is 0.632. The van der Waals surface area contributed by atoms with Gasteiger partial charge >= 0.3 is 0 Å². The standard InChI is InChI=1S/C24H30N4O2/c1-27(2)23(17-25,19-7-11-21(29-5)12-8-19)15-16-24(18-26,28(3)4)20-9-13-22(30-6)14-10-20/h7-14H,15-16H2,1-6H3. The number of ether oxygens (including phenoxy) is 2. The molecule has 2 aromatic rings. The van der Waals surface area contributed by atoms with Crippen LogP contribution in [-0.4, -0.2) is 52.2 Å². The summed E-state index contributed by atoms with van der Waals surface area (Å²) in [5.41, 5.74) is -0.0134. The van der Waals surface area contributed by atoms with Gasteiger partial charge in [-0.3, -0.25) is 9.80 Å². The molecule has 0 saturated heterocycles. The first-order valence-corrected chi connectivity index (χ1v) is 9.76. The molecule has 0 radical (unpaired) electrons. The van der Waals surface area contributed by atoms with Crippen molar-refractivity contribution in [1.29, 1.82) is 10.5 Å². The molecule has 2 rings (SSSR count). The Labute approximate surface area is 179 Å². The molecule has 0 N–H and O–H groups in total. The fourth-order valence-electron chi connectivity index (χ4n) is 3.79. The van der Waals surface area contributed by atoms with Crippen molar-refractivity contribution >= 4 is 0 Å². The monoisotopic (exact) mass is 406 g/mol. The maximum Gasteiger partial charge on any atom is 0.134 e. The van der Waals surface area contributed by atoms with E-state index in [9.17, 15) is 10.5 Å². The van der Waals surface area contributed by atoms with Gasteiger partial charge in [-0.15, -0.1) is 0 Å². The summed E-state index contributed by atoms with van der Waals surface area (Å²) >= 11 is 0. The zero-order valence-electron chi connectivity index (χ0n) is 18.6. The summed E-state index contributed by atoms with van der Waals surface area (Å²) in [5, 5.41) is 20.5. The minimum Gasteiger partial charge on any atom is -0.497 e. The number of nitriles is 2. The molecule has 0 aliphatic heterocycles. The van der Waals surface area contributed by atoms with Crippen LogP contribution in [0.3, 0.4) is 0 Å². The first kappa shape index (κ1) is 23.2. The summed E-state index contributed by atoms with van der Waals surface area (Å²) in [6, 6.07) is 20.1. The van der Waals surface area contributed by atoms with Crippen molar-refractivity contribution in [2.24, 2.45) is 0 Å². The first-order chi connectivity index (χ1) is 14.3. The molecule has 0 bridgehead atoms. The molecule has 0 aliphatic carbocycles. The average Bonchev–Trinajstić information content (AvgIpc) is 2.77. The minimum absolute atomic E-state index is 0.473. The third-order valence-electron chi connectivity index (χ3n) is 5.88. The van der Waals surface area contributed by atoms with Crippen LogP contribution in [0.25, 0.3) is 0 Å². The maximum absolute atomic E-state index is 10.2. The predicted molar refractivity (Wildman–Crippen MR) is 117 cm³/mol. The van der Waals surface area contributed by atoms with Crippen LogP contribution < -0.4 is 9.47 Å². The molecule has 0 aromatic heterocycles. The Balaban J connectivity index is 2.47. The average molecular weight is 407 g/mol. The maximum atomic E-state index is 10.2. The van der Waals surface area contributed by atoms with Crippen LogP contribution in [0.1, 0.15) is 24.0 Å². The van der Waals surface area contributed by atoms with Crippen molar-refractivity contribution in [2.75, 3.05) is 42.4 Å². The number of methoxy groups -OCH3 is 2. The molecule has 6 nitrogen and oxygen atoms in total. The van der Waals surface area contributed by atoms with Gasteiger partial charge in [0.1, 0.15) is 22.6 Å². The lowest BCUT2D eigenvalue weighted by Crippen LogP contribution is -2.45. The van der Waals surface area contributed by atoms with Gasteiger partial charge in [-0.05, 0) is 76.4 Å². The summed E-state index contributed by atoms with van der Waals surface area (Å²) < 4.78 is 10.5. The van der Waals surface area contributed by atoms with Gasteiger partial charge in [0.05, 0.1) is 26.4 Å². The van der Waals surface area contributed by atoms with Crippen LogP contribution in [-0.2, 0) is 11.1 Å².